The van der Waals surface area contributed by atoms with Crippen LogP contribution < -0.4 is 4.90 Å². The molecular weight excluding hydrogens is 977 g/mol. The van der Waals surface area contributed by atoms with E-state index in [0.29, 0.717) is 11.4 Å². The van der Waals surface area contributed by atoms with Gasteiger partial charge in [0.25, 0.3) is 0 Å². The Kier molecular flexibility index (Phi) is 13.3. The number of hydrogen-bond acceptors (Lipinski definition) is 4. The van der Waals surface area contributed by atoms with Crippen molar-refractivity contribution in [3.8, 4) is 61.3 Å². The fraction of sp³-hybridized carbons (Fsp3) is 0.108. The van der Waals surface area contributed by atoms with E-state index in [4.69, 9.17) is 0 Å². The van der Waals surface area contributed by atoms with E-state index in [1.807, 2.05) is 30.3 Å². The Balaban J connectivity index is 0.904. The molecule has 0 saturated heterocycles. The van der Waals surface area contributed by atoms with Crippen molar-refractivity contribution in [1.82, 2.24) is 4.57 Å². The van der Waals surface area contributed by atoms with Gasteiger partial charge in [-0.2, -0.15) is 0 Å². The van der Waals surface area contributed by atoms with Crippen LogP contribution in [-0.2, 0) is 10.8 Å². The first kappa shape index (κ1) is 50.8. The third-order valence-electron chi connectivity index (χ3n) is 15.6. The number of rotatable bonds is 10. The Labute approximate surface area is 470 Å². The predicted octanol–water partition coefficient (Wildman–Crippen LogP) is 20.1. The van der Waals surface area contributed by atoms with E-state index in [1.165, 1.54) is 55.3 Å². The molecule has 0 radical (unpaired) electrons. The molecule has 12 rings (SSSR count). The number of anilines is 2. The zero-order valence-electron chi connectivity index (χ0n) is 45.5. The highest BCUT2D eigenvalue weighted by atomic mass is 32.1. The molecule has 1 aliphatic rings. The molecule has 1 heterocycles. The molecule has 1 aromatic heterocycles. The molecule has 0 spiro atoms. The molecule has 0 aliphatic heterocycles. The van der Waals surface area contributed by atoms with Crippen molar-refractivity contribution in [3.63, 3.8) is 0 Å². The van der Waals surface area contributed by atoms with E-state index in [9.17, 15) is 5.41 Å². The second kappa shape index (κ2) is 20.7. The van der Waals surface area contributed by atoms with Crippen molar-refractivity contribution in [3.05, 3.63) is 277 Å². The number of para-hydroxylation sites is 1. The van der Waals surface area contributed by atoms with Crippen LogP contribution in [0.2, 0.25) is 0 Å². The Bertz CT molecular complexity index is 3980. The lowest BCUT2D eigenvalue weighted by Crippen LogP contribution is -2.30. The molecule has 384 valence electrons. The zero-order chi connectivity index (χ0) is 54.4. The van der Waals surface area contributed by atoms with Gasteiger partial charge in [0.1, 0.15) is 5.71 Å². The van der Waals surface area contributed by atoms with E-state index in [-0.39, 0.29) is 10.8 Å². The minimum Gasteiger partial charge on any atom is -0.309 e. The predicted molar refractivity (Wildman–Crippen MR) is 341 cm³/mol. The summed E-state index contributed by atoms with van der Waals surface area (Å²) in [6.45, 7) is 13.5. The van der Waals surface area contributed by atoms with Crippen molar-refractivity contribution >= 4 is 63.0 Å². The molecule has 79 heavy (non-hydrogen) atoms. The van der Waals surface area contributed by atoms with Crippen LogP contribution in [-0.4, -0.2) is 16.0 Å². The molecule has 5 heteroatoms. The van der Waals surface area contributed by atoms with Crippen LogP contribution in [0.5, 0.6) is 0 Å². The summed E-state index contributed by atoms with van der Waals surface area (Å²) in [4.78, 5) is 2.15. The van der Waals surface area contributed by atoms with E-state index in [2.05, 4.69) is 293 Å². The van der Waals surface area contributed by atoms with Gasteiger partial charge in [0.05, 0.1) is 22.4 Å². The fourth-order valence-corrected chi connectivity index (χ4v) is 11.2. The van der Waals surface area contributed by atoms with Crippen LogP contribution >= 0.6 is 12.8 Å². The highest BCUT2D eigenvalue weighted by Crippen LogP contribution is 2.40. The number of hydrogen-bond donors (Lipinski definition) is 2. The molecule has 1 N–H and O–H groups in total. The highest BCUT2D eigenvalue weighted by molar-refractivity contribution is 7.79. The molecule has 0 fully saturated rings. The summed E-state index contributed by atoms with van der Waals surface area (Å²) in [5.41, 5.74) is 23.1. The molecule has 4 nitrogen and oxygen atoms in total. The Hall–Kier alpha value is -9.03. The maximum absolute atomic E-state index is 9.67. The van der Waals surface area contributed by atoms with Gasteiger partial charge >= 0.3 is 0 Å². The summed E-state index contributed by atoms with van der Waals surface area (Å²) in [7, 11) is 0. The summed E-state index contributed by atoms with van der Waals surface area (Å²) >= 11 is 4.51. The number of thiol groups is 1. The van der Waals surface area contributed by atoms with Gasteiger partial charge < -0.3 is 9.47 Å². The largest absolute Gasteiger partial charge is 0.309 e. The fourth-order valence-electron chi connectivity index (χ4n) is 11.0. The van der Waals surface area contributed by atoms with Gasteiger partial charge in [-0.05, 0) is 169 Å². The average molecular weight is 1040 g/mol. The van der Waals surface area contributed by atoms with E-state index < -0.39 is 0 Å². The zero-order valence-corrected chi connectivity index (χ0v) is 46.4. The quantitative estimate of drug-likeness (QED) is 0.104. The lowest BCUT2D eigenvalue weighted by atomic mass is 9.86. The summed E-state index contributed by atoms with van der Waals surface area (Å²) in [5.74, 6) is 0. The van der Waals surface area contributed by atoms with Crippen molar-refractivity contribution in [2.24, 2.45) is 4.40 Å². The summed E-state index contributed by atoms with van der Waals surface area (Å²) in [6, 6.07) is 87.4. The van der Waals surface area contributed by atoms with Crippen LogP contribution in [0.3, 0.4) is 0 Å². The first-order valence-corrected chi connectivity index (χ1v) is 27.6. The number of nitrogens with one attached hydrogen (secondary N) is 1. The van der Waals surface area contributed by atoms with E-state index >= 15 is 0 Å². The third kappa shape index (κ3) is 9.99. The molecule has 0 amide bonds. The van der Waals surface area contributed by atoms with E-state index in [1.54, 1.807) is 0 Å². The van der Waals surface area contributed by atoms with Gasteiger partial charge in [-0.3, -0.25) is 5.41 Å². The third-order valence-corrected chi connectivity index (χ3v) is 15.8. The van der Waals surface area contributed by atoms with Crippen molar-refractivity contribution in [2.45, 2.75) is 52.4 Å². The Morgan fingerprint density at radius 3 is 1.16 bits per heavy atom. The topological polar surface area (TPSA) is 44.4 Å². The van der Waals surface area contributed by atoms with Crippen LogP contribution in [0.4, 0.5) is 11.4 Å². The first-order chi connectivity index (χ1) is 38.3. The molecule has 10 aromatic carbocycles. The Morgan fingerprint density at radius 1 is 0.380 bits per heavy atom. The van der Waals surface area contributed by atoms with Crippen molar-refractivity contribution in [1.29, 1.82) is 5.41 Å². The molecule has 0 atom stereocenters. The molecular formula is C74H62N4S. The molecule has 11 aromatic rings. The van der Waals surface area contributed by atoms with Crippen LogP contribution in [0.15, 0.2) is 265 Å². The highest BCUT2D eigenvalue weighted by Gasteiger charge is 2.28. The van der Waals surface area contributed by atoms with Crippen molar-refractivity contribution in [2.75, 3.05) is 4.90 Å². The maximum Gasteiger partial charge on any atom is 0.121 e. The van der Waals surface area contributed by atoms with Gasteiger partial charge in [0, 0.05) is 33.4 Å². The molecule has 0 saturated carbocycles. The summed E-state index contributed by atoms with van der Waals surface area (Å²) in [5, 5.41) is 12.0. The van der Waals surface area contributed by atoms with Crippen LogP contribution in [0.1, 0.15) is 58.2 Å². The van der Waals surface area contributed by atoms with Gasteiger partial charge in [-0.15, -0.1) is 0 Å². The monoisotopic (exact) mass is 1040 g/mol. The van der Waals surface area contributed by atoms with Gasteiger partial charge in [-0.25, -0.2) is 4.40 Å². The minimum atomic E-state index is 0.107. The number of nitrogens with zero attached hydrogens (tertiary/aromatic N) is 3. The summed E-state index contributed by atoms with van der Waals surface area (Å²) in [6.07, 6.45) is 4.10. The average Bonchev–Trinajstić information content (AvgIpc) is 4.09. The number of benzene rings is 10. The second-order valence-corrected chi connectivity index (χ2v) is 22.9. The van der Waals surface area contributed by atoms with Gasteiger partial charge in [-0.1, -0.05) is 224 Å². The molecule has 1 aliphatic carbocycles. The van der Waals surface area contributed by atoms with Crippen molar-refractivity contribution < 1.29 is 0 Å². The second-order valence-electron chi connectivity index (χ2n) is 22.7. The number of fused-ring (bicyclic) bond motifs is 3. The van der Waals surface area contributed by atoms with E-state index in [0.717, 1.165) is 67.2 Å². The molecule has 0 unspecified atom stereocenters. The smallest absolute Gasteiger partial charge is 0.121 e. The number of allylic oxidation sites excluding steroid dienone is 4. The Morgan fingerprint density at radius 2 is 0.734 bits per heavy atom. The minimum absolute atomic E-state index is 0.107. The lowest BCUT2D eigenvalue weighted by Gasteiger charge is -2.30. The van der Waals surface area contributed by atoms with Crippen LogP contribution in [0, 0.1) is 5.41 Å². The maximum atomic E-state index is 9.67. The standard InChI is InChI=1S/C74H62N4S/c1-73(2,3)60-35-25-52(26-36-60)50-17-21-55(22-18-50)58-33-44-68-66(47-58)67-48-59(56-23-19-51(20-24-56)53-27-37-61(38-28-53)74(4,5)6)34-45-69(67)78(68)64-41-31-57(32-42-64)65-43-46-70(72(76-79)71(65)75)77(62-15-11-8-12-16-62)63-39-29-54(30-40-63)49-13-9-7-10-14-49/h7-48,75,79H,1-6H3/b75-71?,76-72-. The van der Waals surface area contributed by atoms with Gasteiger partial charge in [0.15, 0.2) is 0 Å². The lowest BCUT2D eigenvalue weighted by molar-refractivity contribution is 0.590. The normalized spacial score (nSPS) is 13.5. The van der Waals surface area contributed by atoms with Gasteiger partial charge in [0.2, 0.25) is 0 Å². The SMILES string of the molecule is CC(C)(C)c1ccc(-c2ccc(-c3ccc4c(c3)c3cc(-c5ccc(-c6ccc(C(C)(C)C)cc6)cc5)ccc3n4-c3ccc(C4=CC=C(N(c5ccccc5)c5ccc(-c6ccccc6)cc5)/C(=N/S)C4=N)cc3)cc2)cc1. The molecule has 0 bridgehead atoms. The number of aromatic nitrogens is 1. The summed E-state index contributed by atoms with van der Waals surface area (Å²) < 4.78 is 6.87. The first-order valence-electron chi connectivity index (χ1n) is 27.2. The van der Waals surface area contributed by atoms with Crippen LogP contribution in [0.25, 0.3) is 88.7 Å².